The average Bonchev–Trinajstić information content (AvgIpc) is 2.29. The van der Waals surface area contributed by atoms with Gasteiger partial charge >= 0.3 is 0 Å². The summed E-state index contributed by atoms with van der Waals surface area (Å²) in [4.78, 5) is 0. The van der Waals surface area contributed by atoms with Crippen LogP contribution in [-0.4, -0.2) is 0 Å². The molecule has 0 bridgehead atoms. The highest BCUT2D eigenvalue weighted by Gasteiger charge is 2.15. The molecule has 0 saturated carbocycles. The van der Waals surface area contributed by atoms with E-state index in [1.807, 2.05) is 12.2 Å². The molecule has 0 heterocycles. The Bertz CT molecular complexity index is 206. The third-order valence-electron chi connectivity index (χ3n) is 2.39. The van der Waals surface area contributed by atoms with Gasteiger partial charge in [-0.1, -0.05) is 37.3 Å². The highest BCUT2D eigenvalue weighted by atomic mass is 14.2. The van der Waals surface area contributed by atoms with Crippen molar-refractivity contribution in [1.29, 1.82) is 0 Å². The third kappa shape index (κ3) is 1.83. The van der Waals surface area contributed by atoms with Crippen LogP contribution < -0.4 is 0 Å². The number of hydrogen-bond donors (Lipinski definition) is 0. The molecule has 0 saturated heterocycles. The van der Waals surface area contributed by atoms with Crippen LogP contribution in [0, 0.1) is 5.92 Å². The highest BCUT2D eigenvalue weighted by Crippen LogP contribution is 2.31. The summed E-state index contributed by atoms with van der Waals surface area (Å²) < 4.78 is 0. The Morgan fingerprint density at radius 3 is 2.73 bits per heavy atom. The van der Waals surface area contributed by atoms with Crippen molar-refractivity contribution in [2.75, 3.05) is 0 Å². The van der Waals surface area contributed by atoms with E-state index in [0.717, 1.165) is 5.92 Å². The smallest absolute Gasteiger partial charge is 0.0188 e. The second kappa shape index (κ2) is 3.56. The van der Waals surface area contributed by atoms with Gasteiger partial charge in [0.25, 0.3) is 0 Å². The fraction of sp³-hybridized carbons (Fsp3) is 0.455. The van der Waals surface area contributed by atoms with E-state index in [-0.39, 0.29) is 0 Å². The van der Waals surface area contributed by atoms with Crippen LogP contribution in [-0.2, 0) is 0 Å². The molecule has 0 radical (unpaired) electrons. The largest absolute Gasteiger partial charge is 0.0991 e. The van der Waals surface area contributed by atoms with Crippen molar-refractivity contribution in [3.05, 3.63) is 36.0 Å². The van der Waals surface area contributed by atoms with E-state index >= 15 is 0 Å². The molecular weight excluding hydrogens is 132 g/mol. The molecule has 11 heavy (non-hydrogen) atoms. The summed E-state index contributed by atoms with van der Waals surface area (Å²) in [5.41, 5.74) is 3.07. The van der Waals surface area contributed by atoms with Crippen molar-refractivity contribution < 1.29 is 0 Å². The number of allylic oxidation sites excluding steroid dienone is 5. The molecule has 0 aliphatic heterocycles. The van der Waals surface area contributed by atoms with Crippen molar-refractivity contribution in [3.63, 3.8) is 0 Å². The van der Waals surface area contributed by atoms with E-state index in [1.54, 1.807) is 5.57 Å². The molecule has 0 aromatic carbocycles. The number of rotatable bonds is 2. The van der Waals surface area contributed by atoms with Gasteiger partial charge < -0.3 is 0 Å². The Balaban J connectivity index is 2.74. The lowest BCUT2D eigenvalue weighted by atomic mass is 10.0. The first-order chi connectivity index (χ1) is 5.25. The van der Waals surface area contributed by atoms with Gasteiger partial charge in [-0.25, -0.2) is 0 Å². The standard InChI is InChI=1S/C11H16/c1-4-5-6-11-9(2)7-8-10(11)3/h4-6,9H,1,7-8H2,2-3H3/b6-5-. The van der Waals surface area contributed by atoms with Crippen LogP contribution in [0.25, 0.3) is 0 Å². The maximum atomic E-state index is 3.66. The molecule has 0 heteroatoms. The molecule has 0 spiro atoms. The fourth-order valence-electron chi connectivity index (χ4n) is 1.63. The molecule has 60 valence electrons. The zero-order chi connectivity index (χ0) is 8.27. The molecule has 0 nitrogen and oxygen atoms in total. The van der Waals surface area contributed by atoms with Crippen molar-refractivity contribution in [2.24, 2.45) is 5.92 Å². The molecule has 0 amide bonds. The van der Waals surface area contributed by atoms with Crippen LogP contribution in [0.4, 0.5) is 0 Å². The Morgan fingerprint density at radius 1 is 1.55 bits per heavy atom. The first-order valence-electron chi connectivity index (χ1n) is 4.24. The summed E-state index contributed by atoms with van der Waals surface area (Å²) in [5.74, 6) is 0.756. The highest BCUT2D eigenvalue weighted by molar-refractivity contribution is 5.32. The lowest BCUT2D eigenvalue weighted by molar-refractivity contribution is 0.679. The third-order valence-corrected chi connectivity index (χ3v) is 2.39. The zero-order valence-electron chi connectivity index (χ0n) is 7.43. The molecule has 1 rings (SSSR count). The summed E-state index contributed by atoms with van der Waals surface area (Å²) >= 11 is 0. The summed E-state index contributed by atoms with van der Waals surface area (Å²) in [6.45, 7) is 8.18. The average molecular weight is 148 g/mol. The minimum atomic E-state index is 0.756. The normalized spacial score (nSPS) is 25.1. The van der Waals surface area contributed by atoms with E-state index < -0.39 is 0 Å². The zero-order valence-corrected chi connectivity index (χ0v) is 7.43. The molecule has 0 aromatic rings. The lowest BCUT2D eigenvalue weighted by Crippen LogP contribution is -1.88. The Labute approximate surface area is 69.3 Å². The van der Waals surface area contributed by atoms with Crippen LogP contribution in [0.15, 0.2) is 36.0 Å². The molecule has 1 unspecified atom stereocenters. The first kappa shape index (κ1) is 8.32. The molecule has 1 atom stereocenters. The second-order valence-corrected chi connectivity index (χ2v) is 3.27. The van der Waals surface area contributed by atoms with E-state index in [9.17, 15) is 0 Å². The van der Waals surface area contributed by atoms with Gasteiger partial charge in [-0.05, 0) is 31.3 Å². The van der Waals surface area contributed by atoms with Gasteiger partial charge in [0.05, 0.1) is 0 Å². The molecule has 1 aliphatic carbocycles. The van der Waals surface area contributed by atoms with E-state index in [2.05, 4.69) is 26.5 Å². The molecule has 0 N–H and O–H groups in total. The molecular formula is C11H16. The van der Waals surface area contributed by atoms with Crippen LogP contribution in [0.1, 0.15) is 26.7 Å². The van der Waals surface area contributed by atoms with Crippen LogP contribution in [0.5, 0.6) is 0 Å². The Kier molecular flexibility index (Phi) is 2.70. The summed E-state index contributed by atoms with van der Waals surface area (Å²) in [7, 11) is 0. The van der Waals surface area contributed by atoms with Crippen molar-refractivity contribution >= 4 is 0 Å². The molecule has 1 aliphatic rings. The van der Waals surface area contributed by atoms with Gasteiger partial charge in [-0.3, -0.25) is 0 Å². The minimum Gasteiger partial charge on any atom is -0.0991 e. The van der Waals surface area contributed by atoms with E-state index in [4.69, 9.17) is 0 Å². The monoisotopic (exact) mass is 148 g/mol. The maximum absolute atomic E-state index is 3.66. The SMILES string of the molecule is C=C/C=C\C1=C(C)CCC1C. The van der Waals surface area contributed by atoms with E-state index in [1.165, 1.54) is 18.4 Å². The van der Waals surface area contributed by atoms with Crippen molar-refractivity contribution in [3.8, 4) is 0 Å². The minimum absolute atomic E-state index is 0.756. The summed E-state index contributed by atoms with van der Waals surface area (Å²) in [6.07, 6.45) is 8.66. The molecule has 0 fully saturated rings. The second-order valence-electron chi connectivity index (χ2n) is 3.27. The van der Waals surface area contributed by atoms with Gasteiger partial charge in [-0.2, -0.15) is 0 Å². The van der Waals surface area contributed by atoms with Gasteiger partial charge in [0, 0.05) is 0 Å². The number of hydrogen-bond acceptors (Lipinski definition) is 0. The summed E-state index contributed by atoms with van der Waals surface area (Å²) in [5, 5.41) is 0. The Hall–Kier alpha value is -0.780. The summed E-state index contributed by atoms with van der Waals surface area (Å²) in [6, 6.07) is 0. The van der Waals surface area contributed by atoms with Gasteiger partial charge in [0.15, 0.2) is 0 Å². The van der Waals surface area contributed by atoms with Gasteiger partial charge in [0.2, 0.25) is 0 Å². The maximum Gasteiger partial charge on any atom is -0.0188 e. The predicted octanol–water partition coefficient (Wildman–Crippen LogP) is 3.48. The van der Waals surface area contributed by atoms with Gasteiger partial charge in [0.1, 0.15) is 0 Å². The first-order valence-corrected chi connectivity index (χ1v) is 4.24. The quantitative estimate of drug-likeness (QED) is 0.526. The van der Waals surface area contributed by atoms with Crippen molar-refractivity contribution in [1.82, 2.24) is 0 Å². The predicted molar refractivity (Wildman–Crippen MR) is 50.4 cm³/mol. The lowest BCUT2D eigenvalue weighted by Gasteiger charge is -2.02. The van der Waals surface area contributed by atoms with Crippen LogP contribution in [0.3, 0.4) is 0 Å². The van der Waals surface area contributed by atoms with Crippen LogP contribution >= 0.6 is 0 Å². The topological polar surface area (TPSA) is 0 Å². The van der Waals surface area contributed by atoms with Crippen LogP contribution in [0.2, 0.25) is 0 Å². The van der Waals surface area contributed by atoms with E-state index in [0.29, 0.717) is 0 Å². The Morgan fingerprint density at radius 2 is 2.27 bits per heavy atom. The van der Waals surface area contributed by atoms with Crippen molar-refractivity contribution in [2.45, 2.75) is 26.7 Å². The fourth-order valence-corrected chi connectivity index (χ4v) is 1.63. The van der Waals surface area contributed by atoms with Gasteiger partial charge in [-0.15, -0.1) is 0 Å². The molecule has 0 aromatic heterocycles.